The minimum absolute atomic E-state index is 0.0812. The lowest BCUT2D eigenvalue weighted by molar-refractivity contribution is -0.140. The molecule has 1 atom stereocenters. The van der Waals surface area contributed by atoms with Crippen LogP contribution >= 0.6 is 0 Å². The lowest BCUT2D eigenvalue weighted by Crippen LogP contribution is -2.52. The number of benzene rings is 3. The molecule has 2 amide bonds. The highest BCUT2D eigenvalue weighted by Gasteiger charge is 2.34. The first kappa shape index (κ1) is 33.4. The van der Waals surface area contributed by atoms with Crippen LogP contribution in [0.25, 0.3) is 0 Å². The molecular weight excluding hydrogens is 573 g/mol. The number of nitrogens with zero attached hydrogens (tertiary/aromatic N) is 2. The number of carbonyl (C=O) groups is 2. The lowest BCUT2D eigenvalue weighted by atomic mass is 10.1. The minimum atomic E-state index is -4.38. The zero-order valence-corrected chi connectivity index (χ0v) is 26.3. The van der Waals surface area contributed by atoms with Crippen LogP contribution in [0.3, 0.4) is 0 Å². The first-order valence-electron chi connectivity index (χ1n) is 14.0. The maximum Gasteiger partial charge on any atom is 0.264 e. The van der Waals surface area contributed by atoms with Gasteiger partial charge in [-0.25, -0.2) is 12.8 Å². The highest BCUT2D eigenvalue weighted by Crippen LogP contribution is 2.32. The highest BCUT2D eigenvalue weighted by molar-refractivity contribution is 7.92. The van der Waals surface area contributed by atoms with Gasteiger partial charge in [-0.3, -0.25) is 13.9 Å². The number of anilines is 1. The number of amides is 2. The molecule has 11 heteroatoms. The Morgan fingerprint density at radius 1 is 0.953 bits per heavy atom. The van der Waals surface area contributed by atoms with E-state index in [0.717, 1.165) is 27.6 Å². The lowest BCUT2D eigenvalue weighted by Gasteiger charge is -2.33. The third-order valence-electron chi connectivity index (χ3n) is 7.01. The Balaban J connectivity index is 2.09. The first-order chi connectivity index (χ1) is 20.4. The highest BCUT2D eigenvalue weighted by atomic mass is 32.2. The van der Waals surface area contributed by atoms with Crippen LogP contribution in [-0.2, 0) is 26.2 Å². The number of aryl methyl sites for hydroxylation is 1. The average Bonchev–Trinajstić information content (AvgIpc) is 2.99. The van der Waals surface area contributed by atoms with E-state index >= 15 is 0 Å². The summed E-state index contributed by atoms with van der Waals surface area (Å²) in [5, 5.41) is 2.91. The van der Waals surface area contributed by atoms with Crippen LogP contribution in [-0.4, -0.2) is 58.5 Å². The Kier molecular flexibility index (Phi) is 11.5. The summed E-state index contributed by atoms with van der Waals surface area (Å²) >= 11 is 0. The van der Waals surface area contributed by atoms with Crippen LogP contribution in [0.5, 0.6) is 11.5 Å². The quantitative estimate of drug-likeness (QED) is 0.277. The normalized spacial score (nSPS) is 12.0. The van der Waals surface area contributed by atoms with Crippen molar-refractivity contribution in [1.29, 1.82) is 0 Å². The molecule has 0 fully saturated rings. The van der Waals surface area contributed by atoms with Gasteiger partial charge >= 0.3 is 0 Å². The molecule has 3 aromatic rings. The van der Waals surface area contributed by atoms with Gasteiger partial charge in [0.05, 0.1) is 24.8 Å². The van der Waals surface area contributed by atoms with Crippen molar-refractivity contribution in [1.82, 2.24) is 10.2 Å². The molecule has 0 radical (unpaired) electrons. The van der Waals surface area contributed by atoms with Crippen molar-refractivity contribution in [2.75, 3.05) is 31.6 Å². The molecule has 3 rings (SSSR count). The maximum absolute atomic E-state index is 14.2. The Morgan fingerprint density at radius 2 is 1.60 bits per heavy atom. The molecule has 0 aromatic heterocycles. The molecule has 0 bridgehead atoms. The predicted molar refractivity (Wildman–Crippen MR) is 164 cm³/mol. The second kappa shape index (κ2) is 14.9. The summed E-state index contributed by atoms with van der Waals surface area (Å²) in [5.74, 6) is -0.774. The van der Waals surface area contributed by atoms with Crippen LogP contribution in [0.4, 0.5) is 10.1 Å². The summed E-state index contributed by atoms with van der Waals surface area (Å²) < 4.78 is 53.5. The van der Waals surface area contributed by atoms with Crippen LogP contribution in [0.1, 0.15) is 38.3 Å². The fourth-order valence-corrected chi connectivity index (χ4v) is 5.98. The average molecular weight is 614 g/mol. The molecule has 9 nitrogen and oxygen atoms in total. The zero-order chi connectivity index (χ0) is 31.7. The van der Waals surface area contributed by atoms with Gasteiger partial charge in [0.2, 0.25) is 11.8 Å². The summed E-state index contributed by atoms with van der Waals surface area (Å²) in [6.45, 7) is 7.53. The third-order valence-corrected chi connectivity index (χ3v) is 8.78. The van der Waals surface area contributed by atoms with Gasteiger partial charge in [0.1, 0.15) is 18.4 Å². The Labute approximate surface area is 253 Å². The molecular formula is C32H40FN3O6S. The van der Waals surface area contributed by atoms with Gasteiger partial charge in [-0.15, -0.1) is 0 Å². The van der Waals surface area contributed by atoms with E-state index in [1.54, 1.807) is 6.92 Å². The van der Waals surface area contributed by atoms with Crippen molar-refractivity contribution in [3.63, 3.8) is 0 Å². The Bertz CT molecular complexity index is 1510. The van der Waals surface area contributed by atoms with Gasteiger partial charge in [0.25, 0.3) is 10.0 Å². The van der Waals surface area contributed by atoms with Gasteiger partial charge in [0.15, 0.2) is 11.5 Å². The van der Waals surface area contributed by atoms with Gasteiger partial charge < -0.3 is 19.7 Å². The van der Waals surface area contributed by atoms with Crippen molar-refractivity contribution >= 4 is 27.5 Å². The largest absolute Gasteiger partial charge is 0.493 e. The van der Waals surface area contributed by atoms with Crippen molar-refractivity contribution in [3.05, 3.63) is 83.7 Å². The van der Waals surface area contributed by atoms with Crippen LogP contribution in [0, 0.1) is 18.7 Å². The Morgan fingerprint density at radius 3 is 2.19 bits per heavy atom. The van der Waals surface area contributed by atoms with Crippen LogP contribution in [0.15, 0.2) is 71.6 Å². The van der Waals surface area contributed by atoms with E-state index in [1.165, 1.54) is 49.5 Å². The van der Waals surface area contributed by atoms with E-state index in [9.17, 15) is 22.4 Å². The Hall–Kier alpha value is -4.12. The summed E-state index contributed by atoms with van der Waals surface area (Å²) in [6.07, 6.45) is 0.306. The summed E-state index contributed by atoms with van der Waals surface area (Å²) in [5.41, 5.74) is 1.82. The summed E-state index contributed by atoms with van der Waals surface area (Å²) in [4.78, 5) is 28.8. The predicted octanol–water partition coefficient (Wildman–Crippen LogP) is 4.93. The SMILES string of the molecule is CC[C@@H](C(=O)NCC(C)C)N(Cc1ccccc1C)C(=O)CN(c1ccc(F)cc1)S(=O)(=O)c1ccc(OC)c(OC)c1. The topological polar surface area (TPSA) is 105 Å². The molecule has 43 heavy (non-hydrogen) atoms. The number of nitrogens with one attached hydrogen (secondary N) is 1. The van der Waals surface area contributed by atoms with Crippen LogP contribution < -0.4 is 19.1 Å². The minimum Gasteiger partial charge on any atom is -0.493 e. The molecule has 0 aliphatic carbocycles. The van der Waals surface area contributed by atoms with E-state index in [1.807, 2.05) is 45.0 Å². The zero-order valence-electron chi connectivity index (χ0n) is 25.5. The van der Waals surface area contributed by atoms with E-state index in [-0.39, 0.29) is 34.7 Å². The second-order valence-electron chi connectivity index (χ2n) is 10.5. The fraction of sp³-hybridized carbons (Fsp3) is 0.375. The van der Waals surface area contributed by atoms with E-state index < -0.39 is 34.3 Å². The van der Waals surface area contributed by atoms with Gasteiger partial charge in [-0.2, -0.15) is 0 Å². The van der Waals surface area contributed by atoms with E-state index in [4.69, 9.17) is 9.47 Å². The summed E-state index contributed by atoms with van der Waals surface area (Å²) in [6, 6.07) is 15.6. The molecule has 0 saturated heterocycles. The first-order valence-corrected chi connectivity index (χ1v) is 15.5. The van der Waals surface area contributed by atoms with Crippen LogP contribution in [0.2, 0.25) is 0 Å². The van der Waals surface area contributed by atoms with E-state index in [0.29, 0.717) is 18.7 Å². The smallest absolute Gasteiger partial charge is 0.264 e. The standard InChI is InChI=1S/C32H40FN3O6S/c1-7-28(32(38)34-19-22(2)3)35(20-24-11-9-8-10-23(24)4)31(37)21-36(26-14-12-25(33)13-15-26)43(39,40)27-16-17-29(41-5)30(18-27)42-6/h8-18,22,28H,7,19-21H2,1-6H3,(H,34,38)/t28-/m0/s1. The van der Waals surface area contributed by atoms with Gasteiger partial charge in [0, 0.05) is 19.2 Å². The van der Waals surface area contributed by atoms with Crippen molar-refractivity contribution in [3.8, 4) is 11.5 Å². The number of halogens is 1. The molecule has 0 spiro atoms. The number of methoxy groups -OCH3 is 2. The van der Waals surface area contributed by atoms with Gasteiger partial charge in [-0.1, -0.05) is 45.0 Å². The molecule has 1 N–H and O–H groups in total. The fourth-order valence-electron chi connectivity index (χ4n) is 4.55. The van der Waals surface area contributed by atoms with E-state index in [2.05, 4.69) is 5.32 Å². The number of ether oxygens (including phenoxy) is 2. The molecule has 0 aliphatic heterocycles. The number of carbonyl (C=O) groups excluding carboxylic acids is 2. The van der Waals surface area contributed by atoms with Crippen molar-refractivity contribution < 1.29 is 31.9 Å². The molecule has 3 aromatic carbocycles. The monoisotopic (exact) mass is 613 g/mol. The number of hydrogen-bond donors (Lipinski definition) is 1. The molecule has 0 aliphatic rings. The molecule has 0 saturated carbocycles. The summed E-state index contributed by atoms with van der Waals surface area (Å²) in [7, 11) is -1.57. The number of sulfonamides is 1. The van der Waals surface area contributed by atoms with Crippen molar-refractivity contribution in [2.45, 2.75) is 51.6 Å². The third kappa shape index (κ3) is 8.25. The number of rotatable bonds is 14. The second-order valence-corrected chi connectivity index (χ2v) is 12.4. The number of hydrogen-bond acceptors (Lipinski definition) is 6. The molecule has 0 unspecified atom stereocenters. The van der Waals surface area contributed by atoms with Gasteiger partial charge in [-0.05, 0) is 66.8 Å². The molecule has 232 valence electrons. The molecule has 0 heterocycles. The maximum atomic E-state index is 14.2. The van der Waals surface area contributed by atoms with Crippen molar-refractivity contribution in [2.24, 2.45) is 5.92 Å².